The topological polar surface area (TPSA) is 134 Å². The Morgan fingerprint density at radius 2 is 1.54 bits per heavy atom. The highest BCUT2D eigenvalue weighted by atomic mass is 16.4. The maximum Gasteiger partial charge on any atom is 0.354 e. The number of aromatic carboxylic acids is 2. The number of aromatic hydroxyl groups is 1. The van der Waals surface area contributed by atoms with Crippen LogP contribution in [0.1, 0.15) is 20.8 Å². The number of rotatable bonds is 2. The maximum absolute atomic E-state index is 10.6. The highest BCUT2D eigenvalue weighted by molar-refractivity contribution is 5.93. The first-order chi connectivity index (χ1) is 11.4. The van der Waals surface area contributed by atoms with Gasteiger partial charge < -0.3 is 21.1 Å². The van der Waals surface area contributed by atoms with Crippen LogP contribution < -0.4 is 5.73 Å². The molecule has 0 aliphatic carbocycles. The Morgan fingerprint density at radius 1 is 0.917 bits per heavy atom. The number of hydrogen-bond donors (Lipinski definition) is 4. The summed E-state index contributed by atoms with van der Waals surface area (Å²) >= 11 is 0. The van der Waals surface area contributed by atoms with Crippen molar-refractivity contribution in [2.24, 2.45) is 0 Å². The Labute approximate surface area is 136 Å². The van der Waals surface area contributed by atoms with Crippen LogP contribution in [0.5, 0.6) is 5.75 Å². The smallest absolute Gasteiger partial charge is 0.354 e. The minimum Gasteiger partial charge on any atom is -0.507 e. The van der Waals surface area contributed by atoms with Crippen LogP contribution in [0.2, 0.25) is 0 Å². The zero-order valence-electron chi connectivity index (χ0n) is 12.4. The lowest BCUT2D eigenvalue weighted by Gasteiger charge is -2.01. The molecule has 0 atom stereocenters. The lowest BCUT2D eigenvalue weighted by molar-refractivity contribution is 0.0683. The molecule has 3 aromatic rings. The van der Waals surface area contributed by atoms with E-state index in [2.05, 4.69) is 4.98 Å². The monoisotopic (exact) mass is 326 g/mol. The van der Waals surface area contributed by atoms with E-state index >= 15 is 0 Å². The number of carboxylic acids is 2. The summed E-state index contributed by atoms with van der Waals surface area (Å²) in [5.41, 5.74) is 6.12. The van der Waals surface area contributed by atoms with Crippen LogP contribution in [0.25, 0.3) is 10.9 Å². The van der Waals surface area contributed by atoms with Crippen molar-refractivity contribution in [1.29, 1.82) is 0 Å². The van der Waals surface area contributed by atoms with E-state index < -0.39 is 11.9 Å². The Bertz CT molecular complexity index is 908. The lowest BCUT2D eigenvalue weighted by atomic mass is 10.2. The van der Waals surface area contributed by atoms with Crippen molar-refractivity contribution < 1.29 is 24.9 Å². The van der Waals surface area contributed by atoms with Crippen LogP contribution in [0, 0.1) is 0 Å². The first-order valence-electron chi connectivity index (χ1n) is 6.80. The quantitative estimate of drug-likeness (QED) is 0.532. The van der Waals surface area contributed by atoms with Crippen molar-refractivity contribution in [3.63, 3.8) is 0 Å². The van der Waals surface area contributed by atoms with E-state index in [0.717, 1.165) is 6.07 Å². The van der Waals surface area contributed by atoms with E-state index in [1.165, 1.54) is 6.07 Å². The number of carboxylic acid groups (broad SMARTS) is 2. The van der Waals surface area contributed by atoms with Gasteiger partial charge in [-0.25, -0.2) is 14.6 Å². The van der Waals surface area contributed by atoms with Crippen LogP contribution in [0.15, 0.2) is 54.6 Å². The van der Waals surface area contributed by atoms with Crippen LogP contribution >= 0.6 is 0 Å². The molecule has 122 valence electrons. The van der Waals surface area contributed by atoms with E-state index in [1.54, 1.807) is 42.5 Å². The van der Waals surface area contributed by atoms with Gasteiger partial charge in [0, 0.05) is 17.1 Å². The third kappa shape index (κ3) is 3.77. The number of benzene rings is 2. The van der Waals surface area contributed by atoms with Gasteiger partial charge in [0.1, 0.15) is 5.75 Å². The normalized spacial score (nSPS) is 9.83. The SMILES string of the molecule is Nc1ccccc1C(=O)O.O=C(O)c1cc(O)c2ccccc2n1. The number of nitrogen functional groups attached to an aromatic ring is 1. The van der Waals surface area contributed by atoms with Crippen molar-refractivity contribution in [3.8, 4) is 5.75 Å². The molecule has 24 heavy (non-hydrogen) atoms. The summed E-state index contributed by atoms with van der Waals surface area (Å²) in [6.45, 7) is 0. The molecule has 0 aliphatic rings. The van der Waals surface area contributed by atoms with Gasteiger partial charge in [-0.15, -0.1) is 0 Å². The molecule has 5 N–H and O–H groups in total. The van der Waals surface area contributed by atoms with Crippen molar-refractivity contribution in [2.75, 3.05) is 5.73 Å². The fourth-order valence-electron chi connectivity index (χ4n) is 1.96. The molecule has 0 amide bonds. The zero-order chi connectivity index (χ0) is 17.7. The van der Waals surface area contributed by atoms with E-state index in [4.69, 9.17) is 15.9 Å². The Hall–Kier alpha value is -3.61. The molecular weight excluding hydrogens is 312 g/mol. The summed E-state index contributed by atoms with van der Waals surface area (Å²) in [7, 11) is 0. The first-order valence-corrected chi connectivity index (χ1v) is 6.80. The predicted octanol–water partition coefficient (Wildman–Crippen LogP) is 2.61. The van der Waals surface area contributed by atoms with Gasteiger partial charge in [0.15, 0.2) is 5.69 Å². The summed E-state index contributed by atoms with van der Waals surface area (Å²) in [5, 5.41) is 27.2. The Morgan fingerprint density at radius 3 is 2.12 bits per heavy atom. The molecule has 1 heterocycles. The molecule has 0 saturated carbocycles. The van der Waals surface area contributed by atoms with E-state index in [-0.39, 0.29) is 17.0 Å². The number of hydrogen-bond acceptors (Lipinski definition) is 5. The Kier molecular flexibility index (Phi) is 4.96. The van der Waals surface area contributed by atoms with Crippen molar-refractivity contribution in [1.82, 2.24) is 4.98 Å². The highest BCUT2D eigenvalue weighted by Crippen LogP contribution is 2.23. The minimum absolute atomic E-state index is 0.0620. The van der Waals surface area contributed by atoms with Gasteiger partial charge in [0.25, 0.3) is 0 Å². The second-order valence-electron chi connectivity index (χ2n) is 4.74. The fourth-order valence-corrected chi connectivity index (χ4v) is 1.96. The molecule has 0 aliphatic heterocycles. The molecule has 0 spiro atoms. The number of fused-ring (bicyclic) bond motifs is 1. The van der Waals surface area contributed by atoms with Crippen molar-refractivity contribution in [3.05, 3.63) is 65.9 Å². The summed E-state index contributed by atoms with van der Waals surface area (Å²) < 4.78 is 0. The molecule has 2 aromatic carbocycles. The molecule has 0 radical (unpaired) electrons. The molecule has 0 saturated heterocycles. The average molecular weight is 326 g/mol. The number of pyridine rings is 1. The number of para-hydroxylation sites is 2. The molecular formula is C17H14N2O5. The van der Waals surface area contributed by atoms with Gasteiger partial charge in [-0.3, -0.25) is 0 Å². The van der Waals surface area contributed by atoms with Crippen molar-refractivity contribution >= 4 is 28.5 Å². The van der Waals surface area contributed by atoms with Crippen LogP contribution in [-0.2, 0) is 0 Å². The summed E-state index contributed by atoms with van der Waals surface area (Å²) in [6.07, 6.45) is 0. The minimum atomic E-state index is -1.15. The zero-order valence-corrected chi connectivity index (χ0v) is 12.4. The number of nitrogens with two attached hydrogens (primary N) is 1. The third-order valence-electron chi connectivity index (χ3n) is 3.10. The molecule has 3 rings (SSSR count). The molecule has 0 fully saturated rings. The van der Waals surface area contributed by atoms with Gasteiger partial charge in [0.2, 0.25) is 0 Å². The summed E-state index contributed by atoms with van der Waals surface area (Å²) in [5.74, 6) is -2.20. The summed E-state index contributed by atoms with van der Waals surface area (Å²) in [4.78, 5) is 24.8. The molecule has 7 heteroatoms. The van der Waals surface area contributed by atoms with Gasteiger partial charge in [-0.2, -0.15) is 0 Å². The first kappa shape index (κ1) is 16.8. The molecule has 1 aromatic heterocycles. The predicted molar refractivity (Wildman–Crippen MR) is 88.2 cm³/mol. The lowest BCUT2D eigenvalue weighted by Crippen LogP contribution is -2.00. The maximum atomic E-state index is 10.6. The summed E-state index contributed by atoms with van der Waals surface area (Å²) in [6, 6.07) is 14.3. The van der Waals surface area contributed by atoms with E-state index in [9.17, 15) is 14.7 Å². The van der Waals surface area contributed by atoms with E-state index in [0.29, 0.717) is 16.6 Å². The molecule has 7 nitrogen and oxygen atoms in total. The number of anilines is 1. The Balaban J connectivity index is 0.000000185. The van der Waals surface area contributed by atoms with Crippen LogP contribution in [0.4, 0.5) is 5.69 Å². The molecule has 0 unspecified atom stereocenters. The van der Waals surface area contributed by atoms with Gasteiger partial charge >= 0.3 is 11.9 Å². The van der Waals surface area contributed by atoms with Gasteiger partial charge in [-0.05, 0) is 24.3 Å². The fraction of sp³-hybridized carbons (Fsp3) is 0. The van der Waals surface area contributed by atoms with Gasteiger partial charge in [-0.1, -0.05) is 24.3 Å². The third-order valence-corrected chi connectivity index (χ3v) is 3.10. The number of aromatic nitrogens is 1. The second-order valence-corrected chi connectivity index (χ2v) is 4.74. The highest BCUT2D eigenvalue weighted by Gasteiger charge is 2.09. The van der Waals surface area contributed by atoms with Crippen LogP contribution in [-0.4, -0.2) is 32.2 Å². The van der Waals surface area contributed by atoms with Crippen LogP contribution in [0.3, 0.4) is 0 Å². The van der Waals surface area contributed by atoms with Gasteiger partial charge in [0.05, 0.1) is 11.1 Å². The average Bonchev–Trinajstić information content (AvgIpc) is 2.55. The number of nitrogens with zero attached hydrogens (tertiary/aromatic N) is 1. The largest absolute Gasteiger partial charge is 0.507 e. The number of carbonyl (C=O) groups is 2. The van der Waals surface area contributed by atoms with E-state index in [1.807, 2.05) is 0 Å². The van der Waals surface area contributed by atoms with Crippen molar-refractivity contribution in [2.45, 2.75) is 0 Å². The molecule has 0 bridgehead atoms. The second kappa shape index (κ2) is 7.10. The standard InChI is InChI=1S/C10H7NO3.C7H7NO2/c12-9-5-8(10(13)14)11-7-4-2-1-3-6(7)9;8-6-4-2-1-3-5(6)7(9)10/h1-5H,(H,11,12)(H,13,14);1-4H,8H2,(H,9,10).